The highest BCUT2D eigenvalue weighted by Gasteiger charge is 2.35. The minimum Gasteiger partial charge on any atom is -0.508 e. The van der Waals surface area contributed by atoms with Gasteiger partial charge in [-0.15, -0.1) is 0 Å². The van der Waals surface area contributed by atoms with Crippen molar-refractivity contribution >= 4 is 5.97 Å². The molecule has 0 radical (unpaired) electrons. The average Bonchev–Trinajstić information content (AvgIpc) is 2.54. The van der Waals surface area contributed by atoms with Crippen LogP contribution in [0.1, 0.15) is 86.7 Å². The van der Waals surface area contributed by atoms with Gasteiger partial charge in [0.2, 0.25) is 0 Å². The van der Waals surface area contributed by atoms with Gasteiger partial charge in [0.1, 0.15) is 17.1 Å². The first-order chi connectivity index (χ1) is 12.3. The van der Waals surface area contributed by atoms with E-state index in [0.717, 1.165) is 44.1 Å². The van der Waals surface area contributed by atoms with Crippen molar-refractivity contribution in [2.24, 2.45) is 11.8 Å². The molecule has 0 saturated heterocycles. The van der Waals surface area contributed by atoms with Crippen LogP contribution in [0.15, 0.2) is 18.2 Å². The highest BCUT2D eigenvalue weighted by Crippen LogP contribution is 2.50. The fourth-order valence-electron chi connectivity index (χ4n) is 4.38. The van der Waals surface area contributed by atoms with Crippen LogP contribution in [0.3, 0.4) is 0 Å². The molecule has 1 aromatic rings. The molecule has 1 fully saturated rings. The van der Waals surface area contributed by atoms with E-state index in [0.29, 0.717) is 23.5 Å². The van der Waals surface area contributed by atoms with Gasteiger partial charge in [-0.3, -0.25) is 0 Å². The lowest BCUT2D eigenvalue weighted by atomic mass is 9.68. The van der Waals surface area contributed by atoms with Crippen LogP contribution < -0.4 is 0 Å². The number of carbonyl (C=O) groups is 1. The number of carboxylic acid groups (broad SMARTS) is 1. The molecule has 1 saturated carbocycles. The van der Waals surface area contributed by atoms with E-state index in [9.17, 15) is 20.1 Å². The Hall–Kier alpha value is -1.97. The number of unbranched alkanes of at least 4 members (excludes halogenated alkanes) is 2. The van der Waals surface area contributed by atoms with Gasteiger partial charge in [-0.25, -0.2) is 4.79 Å². The minimum atomic E-state index is -1.13. The molecule has 1 aliphatic rings. The van der Waals surface area contributed by atoms with E-state index < -0.39 is 5.97 Å². The minimum absolute atomic E-state index is 0.0179. The quantitative estimate of drug-likeness (QED) is 0.435. The van der Waals surface area contributed by atoms with E-state index in [1.54, 1.807) is 6.07 Å². The third-order valence-corrected chi connectivity index (χ3v) is 5.78. The van der Waals surface area contributed by atoms with Gasteiger partial charge in [0, 0.05) is 5.56 Å². The average molecular weight is 360 g/mol. The standard InChI is InChI=1S/C22H32O4/c1-5-6-7-8-15-12-18(23)20(21(24)19(15)22(25)26)17-11-14(4)9-10-16(17)13(2)3/h12,14,16-17,23-24H,2,5-11H2,1,3-4H3,(H,25,26)/t14?,16-,17+/m0/s1. The zero-order chi connectivity index (χ0) is 19.4. The lowest BCUT2D eigenvalue weighted by Gasteiger charge is -2.36. The maximum Gasteiger partial charge on any atom is 0.339 e. The normalized spacial score (nSPS) is 23.0. The Morgan fingerprint density at radius 1 is 1.27 bits per heavy atom. The number of carboxylic acids is 1. The van der Waals surface area contributed by atoms with Gasteiger partial charge in [0.25, 0.3) is 0 Å². The molecule has 0 amide bonds. The summed E-state index contributed by atoms with van der Waals surface area (Å²) >= 11 is 0. The molecule has 1 aromatic carbocycles. The Balaban J connectivity index is 2.52. The van der Waals surface area contributed by atoms with E-state index >= 15 is 0 Å². The number of aromatic carboxylic acids is 1. The van der Waals surface area contributed by atoms with Crippen LogP contribution in [0.4, 0.5) is 0 Å². The molecular weight excluding hydrogens is 328 g/mol. The summed E-state index contributed by atoms with van der Waals surface area (Å²) in [7, 11) is 0. The number of allylic oxidation sites excluding steroid dienone is 1. The van der Waals surface area contributed by atoms with E-state index in [4.69, 9.17) is 0 Å². The number of benzene rings is 1. The Morgan fingerprint density at radius 3 is 2.54 bits per heavy atom. The number of hydrogen-bond donors (Lipinski definition) is 3. The third-order valence-electron chi connectivity index (χ3n) is 5.78. The summed E-state index contributed by atoms with van der Waals surface area (Å²) in [6.45, 7) is 10.3. The SMILES string of the molecule is C=C(C)[C@@H]1CCC(C)C[C@H]1c1c(O)cc(CCCCC)c(C(=O)O)c1O. The molecule has 0 aliphatic heterocycles. The molecule has 0 spiro atoms. The molecule has 1 aliphatic carbocycles. The summed E-state index contributed by atoms with van der Waals surface area (Å²) < 4.78 is 0. The molecule has 0 bridgehead atoms. The fraction of sp³-hybridized carbons (Fsp3) is 0.591. The molecule has 1 unspecified atom stereocenters. The summed E-state index contributed by atoms with van der Waals surface area (Å²) in [4.78, 5) is 11.8. The second-order valence-electron chi connectivity index (χ2n) is 7.93. The summed E-state index contributed by atoms with van der Waals surface area (Å²) in [6, 6.07) is 1.56. The molecule has 3 atom stereocenters. The summed E-state index contributed by atoms with van der Waals surface area (Å²) in [6.07, 6.45) is 6.23. The molecule has 26 heavy (non-hydrogen) atoms. The Bertz CT molecular complexity index is 677. The van der Waals surface area contributed by atoms with Gasteiger partial charge in [0.15, 0.2) is 0 Å². The van der Waals surface area contributed by atoms with Crippen molar-refractivity contribution < 1.29 is 20.1 Å². The first kappa shape index (κ1) is 20.3. The zero-order valence-electron chi connectivity index (χ0n) is 16.2. The predicted octanol–water partition coefficient (Wildman–Crippen LogP) is 5.62. The van der Waals surface area contributed by atoms with Crippen LogP contribution in [0.2, 0.25) is 0 Å². The Morgan fingerprint density at radius 2 is 1.96 bits per heavy atom. The topological polar surface area (TPSA) is 77.8 Å². The number of aryl methyl sites for hydroxylation is 1. The lowest BCUT2D eigenvalue weighted by Crippen LogP contribution is -2.23. The van der Waals surface area contributed by atoms with Crippen LogP contribution in [0.25, 0.3) is 0 Å². The fourth-order valence-corrected chi connectivity index (χ4v) is 4.38. The van der Waals surface area contributed by atoms with E-state index in [2.05, 4.69) is 20.4 Å². The molecule has 4 nitrogen and oxygen atoms in total. The third kappa shape index (κ3) is 4.22. The molecule has 2 rings (SSSR count). The van der Waals surface area contributed by atoms with Crippen LogP contribution in [0.5, 0.6) is 11.5 Å². The van der Waals surface area contributed by atoms with E-state index in [-0.39, 0.29) is 28.9 Å². The monoisotopic (exact) mass is 360 g/mol. The second-order valence-corrected chi connectivity index (χ2v) is 7.93. The molecule has 0 heterocycles. The van der Waals surface area contributed by atoms with E-state index in [1.165, 1.54) is 0 Å². The largest absolute Gasteiger partial charge is 0.508 e. The van der Waals surface area contributed by atoms with Crippen molar-refractivity contribution in [3.05, 3.63) is 34.9 Å². The van der Waals surface area contributed by atoms with Crippen molar-refractivity contribution in [1.82, 2.24) is 0 Å². The molecular formula is C22H32O4. The van der Waals surface area contributed by atoms with Gasteiger partial charge in [0.05, 0.1) is 0 Å². The van der Waals surface area contributed by atoms with Crippen molar-refractivity contribution in [2.75, 3.05) is 0 Å². The highest BCUT2D eigenvalue weighted by atomic mass is 16.4. The van der Waals surface area contributed by atoms with Crippen LogP contribution in [-0.2, 0) is 6.42 Å². The Kier molecular flexibility index (Phi) is 6.74. The van der Waals surface area contributed by atoms with Crippen molar-refractivity contribution in [3.8, 4) is 11.5 Å². The predicted molar refractivity (Wildman–Crippen MR) is 104 cm³/mol. The number of phenolic OH excluding ortho intramolecular Hbond substituents is 1. The summed E-state index contributed by atoms with van der Waals surface area (Å²) in [5.41, 5.74) is 1.87. The van der Waals surface area contributed by atoms with Crippen molar-refractivity contribution in [2.45, 2.75) is 71.6 Å². The summed E-state index contributed by atoms with van der Waals surface area (Å²) in [5.74, 6) is -0.855. The zero-order valence-corrected chi connectivity index (χ0v) is 16.2. The molecule has 144 valence electrons. The van der Waals surface area contributed by atoms with Crippen LogP contribution in [-0.4, -0.2) is 21.3 Å². The van der Waals surface area contributed by atoms with Crippen LogP contribution in [0, 0.1) is 11.8 Å². The maximum absolute atomic E-state index is 11.8. The van der Waals surface area contributed by atoms with Gasteiger partial charge >= 0.3 is 5.97 Å². The highest BCUT2D eigenvalue weighted by molar-refractivity contribution is 5.93. The molecule has 0 aromatic heterocycles. The van der Waals surface area contributed by atoms with Gasteiger partial charge < -0.3 is 15.3 Å². The smallest absolute Gasteiger partial charge is 0.339 e. The van der Waals surface area contributed by atoms with Crippen molar-refractivity contribution in [1.29, 1.82) is 0 Å². The molecule has 3 N–H and O–H groups in total. The number of phenols is 2. The van der Waals surface area contributed by atoms with Gasteiger partial charge in [-0.2, -0.15) is 0 Å². The second kappa shape index (κ2) is 8.61. The number of hydrogen-bond acceptors (Lipinski definition) is 3. The number of aromatic hydroxyl groups is 2. The molecule has 4 heteroatoms. The Labute approximate surface area is 156 Å². The van der Waals surface area contributed by atoms with E-state index in [1.807, 2.05) is 6.92 Å². The first-order valence-electron chi connectivity index (χ1n) is 9.74. The van der Waals surface area contributed by atoms with Crippen molar-refractivity contribution in [3.63, 3.8) is 0 Å². The number of rotatable bonds is 7. The van der Waals surface area contributed by atoms with Crippen LogP contribution >= 0.6 is 0 Å². The van der Waals surface area contributed by atoms with Gasteiger partial charge in [-0.1, -0.05) is 45.3 Å². The maximum atomic E-state index is 11.8. The summed E-state index contributed by atoms with van der Waals surface area (Å²) in [5, 5.41) is 31.2. The van der Waals surface area contributed by atoms with Gasteiger partial charge in [-0.05, 0) is 62.0 Å². The first-order valence-corrected chi connectivity index (χ1v) is 9.74. The lowest BCUT2D eigenvalue weighted by molar-refractivity contribution is 0.0692.